The van der Waals surface area contributed by atoms with Crippen molar-refractivity contribution in [3.63, 3.8) is 0 Å². The molecule has 0 saturated carbocycles. The van der Waals surface area contributed by atoms with E-state index in [1.165, 1.54) is 27.9 Å². The minimum atomic E-state index is 0.542. The van der Waals surface area contributed by atoms with E-state index >= 15 is 0 Å². The number of benzene rings is 2. The molecule has 0 bridgehead atoms. The summed E-state index contributed by atoms with van der Waals surface area (Å²) >= 11 is 0. The van der Waals surface area contributed by atoms with Crippen molar-refractivity contribution in [2.24, 2.45) is 0 Å². The highest BCUT2D eigenvalue weighted by molar-refractivity contribution is 5.95. The van der Waals surface area contributed by atoms with Gasteiger partial charge >= 0.3 is 0 Å². The van der Waals surface area contributed by atoms with E-state index in [1.54, 1.807) is 0 Å². The predicted octanol–water partition coefficient (Wildman–Crippen LogP) is 4.54. The lowest BCUT2D eigenvalue weighted by Gasteiger charge is -2.26. The van der Waals surface area contributed by atoms with Crippen LogP contribution in [0.25, 0.3) is 10.9 Å². The number of nitrogens with zero attached hydrogens (tertiary/aromatic N) is 2. The molecule has 1 aliphatic rings. The zero-order valence-electron chi connectivity index (χ0n) is 13.8. The molecule has 2 nitrogen and oxygen atoms in total. The quantitative estimate of drug-likeness (QED) is 0.706. The Labute approximate surface area is 137 Å². The van der Waals surface area contributed by atoms with Gasteiger partial charge < -0.3 is 4.90 Å². The monoisotopic (exact) mass is 302 g/mol. The average molecular weight is 302 g/mol. The van der Waals surface area contributed by atoms with Crippen molar-refractivity contribution in [2.45, 2.75) is 32.7 Å². The first-order valence-electron chi connectivity index (χ1n) is 8.43. The molecule has 1 unspecified atom stereocenters. The van der Waals surface area contributed by atoms with Crippen LogP contribution in [0, 0.1) is 6.92 Å². The Balaban J connectivity index is 1.73. The molecule has 0 saturated heterocycles. The first-order chi connectivity index (χ1) is 11.2. The maximum atomic E-state index is 4.81. The van der Waals surface area contributed by atoms with Crippen LogP contribution in [0.15, 0.2) is 54.6 Å². The van der Waals surface area contributed by atoms with Crippen molar-refractivity contribution in [2.75, 3.05) is 11.4 Å². The summed E-state index contributed by atoms with van der Waals surface area (Å²) < 4.78 is 0. The normalized spacial score (nSPS) is 16.8. The molecule has 116 valence electrons. The zero-order chi connectivity index (χ0) is 15.8. The third kappa shape index (κ3) is 2.48. The average Bonchev–Trinajstić information content (AvgIpc) is 2.91. The summed E-state index contributed by atoms with van der Waals surface area (Å²) in [6.07, 6.45) is 2.19. The van der Waals surface area contributed by atoms with E-state index in [9.17, 15) is 0 Å². The Kier molecular flexibility index (Phi) is 3.53. The highest BCUT2D eigenvalue weighted by atomic mass is 15.2. The number of anilines is 1. The lowest BCUT2D eigenvalue weighted by atomic mass is 10.1. The molecule has 2 heteroatoms. The Hall–Kier alpha value is -2.35. The summed E-state index contributed by atoms with van der Waals surface area (Å²) in [6.45, 7) is 5.55. The molecular weight excluding hydrogens is 280 g/mol. The van der Waals surface area contributed by atoms with Crippen LogP contribution in [0.2, 0.25) is 0 Å². The molecule has 0 aliphatic carbocycles. The number of aryl methyl sites for hydroxylation is 1. The smallest absolute Gasteiger partial charge is 0.0726 e. The van der Waals surface area contributed by atoms with Gasteiger partial charge in [0.25, 0.3) is 0 Å². The molecule has 1 aliphatic heterocycles. The van der Waals surface area contributed by atoms with Gasteiger partial charge in [-0.3, -0.25) is 4.98 Å². The molecule has 2 heterocycles. The van der Waals surface area contributed by atoms with Gasteiger partial charge in [0.2, 0.25) is 0 Å². The van der Waals surface area contributed by atoms with E-state index in [0.29, 0.717) is 6.04 Å². The topological polar surface area (TPSA) is 16.1 Å². The molecule has 0 amide bonds. The SMILES string of the molecule is Cc1nc2ccccc2c2c1CC(C)N2CCc1ccccc1. The van der Waals surface area contributed by atoms with Gasteiger partial charge in [-0.2, -0.15) is 0 Å². The maximum Gasteiger partial charge on any atom is 0.0726 e. The first kappa shape index (κ1) is 14.3. The number of hydrogen-bond donors (Lipinski definition) is 0. The van der Waals surface area contributed by atoms with Gasteiger partial charge in [0.15, 0.2) is 0 Å². The largest absolute Gasteiger partial charge is 0.367 e. The molecule has 0 fully saturated rings. The molecule has 1 atom stereocenters. The minimum absolute atomic E-state index is 0.542. The zero-order valence-corrected chi connectivity index (χ0v) is 13.8. The van der Waals surface area contributed by atoms with Crippen LogP contribution in [0.4, 0.5) is 5.69 Å². The molecular formula is C21H22N2. The van der Waals surface area contributed by atoms with Gasteiger partial charge in [0.1, 0.15) is 0 Å². The number of hydrogen-bond acceptors (Lipinski definition) is 2. The maximum absolute atomic E-state index is 4.81. The van der Waals surface area contributed by atoms with Gasteiger partial charge in [0, 0.05) is 23.7 Å². The summed E-state index contributed by atoms with van der Waals surface area (Å²) in [7, 11) is 0. The van der Waals surface area contributed by atoms with Crippen molar-refractivity contribution in [1.29, 1.82) is 0 Å². The third-order valence-corrected chi connectivity index (χ3v) is 4.97. The van der Waals surface area contributed by atoms with Crippen molar-refractivity contribution in [3.8, 4) is 0 Å². The molecule has 0 radical (unpaired) electrons. The number of rotatable bonds is 3. The second-order valence-corrected chi connectivity index (χ2v) is 6.52. The summed E-state index contributed by atoms with van der Waals surface area (Å²) in [6, 6.07) is 19.9. The van der Waals surface area contributed by atoms with Crippen molar-refractivity contribution in [3.05, 3.63) is 71.4 Å². The minimum Gasteiger partial charge on any atom is -0.367 e. The molecule has 0 N–H and O–H groups in total. The van der Waals surface area contributed by atoms with Crippen LogP contribution < -0.4 is 4.90 Å². The molecule has 1 aromatic heterocycles. The lowest BCUT2D eigenvalue weighted by molar-refractivity contribution is 0.670. The summed E-state index contributed by atoms with van der Waals surface area (Å²) in [5.74, 6) is 0. The standard InChI is InChI=1S/C21H22N2/c1-15-14-19-16(2)22-20-11-7-6-10-18(20)21(19)23(15)13-12-17-8-4-3-5-9-17/h3-11,15H,12-14H2,1-2H3. The van der Waals surface area contributed by atoms with Gasteiger partial charge in [0.05, 0.1) is 11.2 Å². The second-order valence-electron chi connectivity index (χ2n) is 6.52. The highest BCUT2D eigenvalue weighted by Crippen LogP contribution is 2.39. The molecule has 3 aromatic rings. The summed E-state index contributed by atoms with van der Waals surface area (Å²) in [5, 5.41) is 1.30. The second kappa shape index (κ2) is 5.69. The van der Waals surface area contributed by atoms with E-state index < -0.39 is 0 Å². The van der Waals surface area contributed by atoms with E-state index in [0.717, 1.165) is 24.9 Å². The summed E-state index contributed by atoms with van der Waals surface area (Å²) in [4.78, 5) is 7.39. The van der Waals surface area contributed by atoms with Crippen molar-refractivity contribution < 1.29 is 0 Å². The Morgan fingerprint density at radius 2 is 1.78 bits per heavy atom. The van der Waals surface area contributed by atoms with Gasteiger partial charge in [-0.25, -0.2) is 0 Å². The van der Waals surface area contributed by atoms with Crippen molar-refractivity contribution >= 4 is 16.6 Å². The van der Waals surface area contributed by atoms with Gasteiger partial charge in [-0.15, -0.1) is 0 Å². The Morgan fingerprint density at radius 1 is 1.04 bits per heavy atom. The number of aromatic nitrogens is 1. The number of fused-ring (bicyclic) bond motifs is 3. The Bertz CT molecular complexity index is 839. The highest BCUT2D eigenvalue weighted by Gasteiger charge is 2.29. The molecule has 2 aromatic carbocycles. The van der Waals surface area contributed by atoms with E-state index in [-0.39, 0.29) is 0 Å². The fourth-order valence-corrected chi connectivity index (χ4v) is 3.78. The van der Waals surface area contributed by atoms with E-state index in [2.05, 4.69) is 73.3 Å². The summed E-state index contributed by atoms with van der Waals surface area (Å²) in [5.41, 5.74) is 6.55. The van der Waals surface area contributed by atoms with Crippen LogP contribution in [0.1, 0.15) is 23.7 Å². The van der Waals surface area contributed by atoms with Crippen LogP contribution in [0.3, 0.4) is 0 Å². The predicted molar refractivity (Wildman–Crippen MR) is 97.1 cm³/mol. The van der Waals surface area contributed by atoms with Gasteiger partial charge in [-0.1, -0.05) is 48.5 Å². The number of pyridine rings is 1. The van der Waals surface area contributed by atoms with Gasteiger partial charge in [-0.05, 0) is 43.9 Å². The molecule has 4 rings (SSSR count). The van der Waals surface area contributed by atoms with Crippen LogP contribution in [-0.4, -0.2) is 17.6 Å². The number of para-hydroxylation sites is 1. The van der Waals surface area contributed by atoms with Crippen LogP contribution >= 0.6 is 0 Å². The Morgan fingerprint density at radius 3 is 2.61 bits per heavy atom. The van der Waals surface area contributed by atoms with Crippen LogP contribution in [0.5, 0.6) is 0 Å². The fourth-order valence-electron chi connectivity index (χ4n) is 3.78. The molecule has 23 heavy (non-hydrogen) atoms. The molecule has 0 spiro atoms. The third-order valence-electron chi connectivity index (χ3n) is 4.97. The van der Waals surface area contributed by atoms with Crippen molar-refractivity contribution in [1.82, 2.24) is 4.98 Å². The lowest BCUT2D eigenvalue weighted by Crippen LogP contribution is -2.31. The van der Waals surface area contributed by atoms with E-state index in [1.807, 2.05) is 0 Å². The van der Waals surface area contributed by atoms with Crippen LogP contribution in [-0.2, 0) is 12.8 Å². The van der Waals surface area contributed by atoms with E-state index in [4.69, 9.17) is 4.98 Å². The fraction of sp³-hybridized carbons (Fsp3) is 0.286. The first-order valence-corrected chi connectivity index (χ1v) is 8.43.